The summed E-state index contributed by atoms with van der Waals surface area (Å²) >= 11 is 0. The standard InChI is InChI=1S/C25H35FN6.HI/c1-2-27-25(30-22-12-16-32(19-22)24-23(26)7-6-13-28-24)29-17-20-8-10-21(11-9-20)18-31-14-4-3-5-15-31;/h6-11,13,22H,2-5,12,14-19H2,1H3,(H2,27,29,30);1H. The van der Waals surface area contributed by atoms with Crippen molar-refractivity contribution in [3.63, 3.8) is 0 Å². The number of hydrogen-bond acceptors (Lipinski definition) is 4. The molecular weight excluding hydrogens is 530 g/mol. The maximum absolute atomic E-state index is 14.1. The van der Waals surface area contributed by atoms with E-state index in [0.29, 0.717) is 18.9 Å². The lowest BCUT2D eigenvalue weighted by atomic mass is 10.1. The van der Waals surface area contributed by atoms with E-state index in [1.807, 2.05) is 4.90 Å². The molecule has 0 spiro atoms. The topological polar surface area (TPSA) is 55.8 Å². The van der Waals surface area contributed by atoms with Crippen LogP contribution >= 0.6 is 24.0 Å². The van der Waals surface area contributed by atoms with Gasteiger partial charge in [0.25, 0.3) is 0 Å². The average molecular weight is 567 g/mol. The number of halogens is 2. The molecule has 2 aliphatic rings. The largest absolute Gasteiger partial charge is 0.357 e. The second kappa shape index (κ2) is 13.1. The Bertz CT molecular complexity index is 885. The number of anilines is 1. The SMILES string of the molecule is CCNC(=NCc1ccc(CN2CCCCC2)cc1)NC1CCN(c2ncccc2F)C1.I. The van der Waals surface area contributed by atoms with Gasteiger partial charge in [-0.05, 0) is 62.5 Å². The van der Waals surface area contributed by atoms with Crippen molar-refractivity contribution in [1.29, 1.82) is 0 Å². The summed E-state index contributed by atoms with van der Waals surface area (Å²) in [7, 11) is 0. The van der Waals surface area contributed by atoms with Crippen LogP contribution in [-0.4, -0.2) is 54.6 Å². The lowest BCUT2D eigenvalue weighted by molar-refractivity contribution is 0.221. The number of guanidine groups is 1. The van der Waals surface area contributed by atoms with Crippen molar-refractivity contribution in [2.45, 2.75) is 51.7 Å². The first kappa shape index (κ1) is 25.7. The maximum Gasteiger partial charge on any atom is 0.191 e. The molecule has 1 aromatic carbocycles. The summed E-state index contributed by atoms with van der Waals surface area (Å²) in [6, 6.07) is 12.1. The third-order valence-corrected chi connectivity index (χ3v) is 6.21. The fourth-order valence-corrected chi connectivity index (χ4v) is 4.49. The van der Waals surface area contributed by atoms with Crippen molar-refractivity contribution in [2.75, 3.05) is 37.6 Å². The van der Waals surface area contributed by atoms with Crippen LogP contribution in [0.2, 0.25) is 0 Å². The van der Waals surface area contributed by atoms with Gasteiger partial charge in [-0.3, -0.25) is 4.90 Å². The van der Waals surface area contributed by atoms with Crippen LogP contribution in [0.5, 0.6) is 0 Å². The Kier molecular flexibility index (Phi) is 10.2. The number of aromatic nitrogens is 1. The van der Waals surface area contributed by atoms with Gasteiger partial charge in [0.15, 0.2) is 17.6 Å². The summed E-state index contributed by atoms with van der Waals surface area (Å²) in [6.45, 7) is 8.47. The smallest absolute Gasteiger partial charge is 0.191 e. The predicted octanol–water partition coefficient (Wildman–Crippen LogP) is 4.16. The van der Waals surface area contributed by atoms with Crippen LogP contribution in [0.3, 0.4) is 0 Å². The predicted molar refractivity (Wildman–Crippen MR) is 144 cm³/mol. The number of pyridine rings is 1. The third-order valence-electron chi connectivity index (χ3n) is 6.21. The van der Waals surface area contributed by atoms with Gasteiger partial charge in [0, 0.05) is 38.4 Å². The Hall–Kier alpha value is -1.94. The number of piperidine rings is 1. The summed E-state index contributed by atoms with van der Waals surface area (Å²) in [4.78, 5) is 13.5. The van der Waals surface area contributed by atoms with Crippen molar-refractivity contribution >= 4 is 35.8 Å². The number of rotatable bonds is 7. The molecule has 3 heterocycles. The van der Waals surface area contributed by atoms with Crippen LogP contribution in [-0.2, 0) is 13.1 Å². The van der Waals surface area contributed by atoms with Crippen LogP contribution in [0.15, 0.2) is 47.6 Å². The summed E-state index contributed by atoms with van der Waals surface area (Å²) in [5.74, 6) is 0.971. The maximum atomic E-state index is 14.1. The minimum atomic E-state index is -0.266. The molecule has 2 aliphatic heterocycles. The molecule has 2 aromatic rings. The number of nitrogens with one attached hydrogen (secondary N) is 2. The molecular formula is C25H36FIN6. The second-order valence-corrected chi connectivity index (χ2v) is 8.73. The Morgan fingerprint density at radius 3 is 2.58 bits per heavy atom. The van der Waals surface area contributed by atoms with Gasteiger partial charge in [0.2, 0.25) is 0 Å². The van der Waals surface area contributed by atoms with E-state index in [1.165, 1.54) is 49.5 Å². The van der Waals surface area contributed by atoms with Gasteiger partial charge in [0.1, 0.15) is 0 Å². The molecule has 0 bridgehead atoms. The van der Waals surface area contributed by atoms with Gasteiger partial charge in [-0.25, -0.2) is 14.4 Å². The number of aliphatic imine (C=N–C) groups is 1. The van der Waals surface area contributed by atoms with Crippen molar-refractivity contribution < 1.29 is 4.39 Å². The molecule has 0 amide bonds. The summed E-state index contributed by atoms with van der Waals surface area (Å²) in [6.07, 6.45) is 6.58. The zero-order valence-electron chi connectivity index (χ0n) is 19.5. The molecule has 33 heavy (non-hydrogen) atoms. The summed E-state index contributed by atoms with van der Waals surface area (Å²) < 4.78 is 14.1. The summed E-state index contributed by atoms with van der Waals surface area (Å²) in [5, 5.41) is 6.85. The highest BCUT2D eigenvalue weighted by atomic mass is 127. The molecule has 6 nitrogen and oxygen atoms in total. The van der Waals surface area contributed by atoms with Crippen molar-refractivity contribution in [3.8, 4) is 0 Å². The number of benzene rings is 1. The molecule has 4 rings (SSSR count). The molecule has 0 radical (unpaired) electrons. The molecule has 2 saturated heterocycles. The molecule has 8 heteroatoms. The minimum absolute atomic E-state index is 0. The normalized spacial score (nSPS) is 19.3. The number of nitrogens with zero attached hydrogens (tertiary/aromatic N) is 4. The average Bonchev–Trinajstić information content (AvgIpc) is 3.28. The van der Waals surface area contributed by atoms with Crippen LogP contribution in [0.1, 0.15) is 43.7 Å². The van der Waals surface area contributed by atoms with E-state index in [-0.39, 0.29) is 35.8 Å². The van der Waals surface area contributed by atoms with Crippen molar-refractivity contribution in [3.05, 3.63) is 59.5 Å². The minimum Gasteiger partial charge on any atom is -0.357 e. The highest BCUT2D eigenvalue weighted by molar-refractivity contribution is 14.0. The van der Waals surface area contributed by atoms with E-state index >= 15 is 0 Å². The van der Waals surface area contributed by atoms with Crippen molar-refractivity contribution in [1.82, 2.24) is 20.5 Å². The van der Waals surface area contributed by atoms with Crippen LogP contribution in [0, 0.1) is 5.82 Å². The second-order valence-electron chi connectivity index (χ2n) is 8.73. The molecule has 0 saturated carbocycles. The monoisotopic (exact) mass is 566 g/mol. The molecule has 1 atom stereocenters. The Morgan fingerprint density at radius 2 is 1.85 bits per heavy atom. The van der Waals surface area contributed by atoms with E-state index in [4.69, 9.17) is 4.99 Å². The first-order chi connectivity index (χ1) is 15.7. The van der Waals surface area contributed by atoms with Crippen LogP contribution < -0.4 is 15.5 Å². The lowest BCUT2D eigenvalue weighted by Gasteiger charge is -2.26. The van der Waals surface area contributed by atoms with Gasteiger partial charge >= 0.3 is 0 Å². The van der Waals surface area contributed by atoms with Gasteiger partial charge in [-0.15, -0.1) is 24.0 Å². The van der Waals surface area contributed by atoms with Gasteiger partial charge in [0.05, 0.1) is 6.54 Å². The van der Waals surface area contributed by atoms with E-state index in [1.54, 1.807) is 12.3 Å². The quantitative estimate of drug-likeness (QED) is 0.300. The Morgan fingerprint density at radius 1 is 1.09 bits per heavy atom. The number of hydrogen-bond donors (Lipinski definition) is 2. The van der Waals surface area contributed by atoms with Crippen LogP contribution in [0.4, 0.5) is 10.2 Å². The fourth-order valence-electron chi connectivity index (χ4n) is 4.49. The molecule has 1 aromatic heterocycles. The lowest BCUT2D eigenvalue weighted by Crippen LogP contribution is -2.44. The molecule has 0 aliphatic carbocycles. The highest BCUT2D eigenvalue weighted by Gasteiger charge is 2.25. The zero-order valence-corrected chi connectivity index (χ0v) is 21.8. The number of likely N-dealkylation sites (tertiary alicyclic amines) is 1. The van der Waals surface area contributed by atoms with E-state index in [0.717, 1.165) is 32.0 Å². The van der Waals surface area contributed by atoms with Gasteiger partial charge < -0.3 is 15.5 Å². The van der Waals surface area contributed by atoms with Gasteiger partial charge in [-0.1, -0.05) is 30.7 Å². The van der Waals surface area contributed by atoms with E-state index in [2.05, 4.69) is 51.7 Å². The molecule has 2 fully saturated rings. The highest BCUT2D eigenvalue weighted by Crippen LogP contribution is 2.21. The first-order valence-electron chi connectivity index (χ1n) is 11.9. The molecule has 180 valence electrons. The Balaban J connectivity index is 0.00000306. The Labute approximate surface area is 214 Å². The fraction of sp³-hybridized carbons (Fsp3) is 0.520. The van der Waals surface area contributed by atoms with E-state index in [9.17, 15) is 4.39 Å². The zero-order chi connectivity index (χ0) is 22.2. The van der Waals surface area contributed by atoms with Crippen molar-refractivity contribution in [2.24, 2.45) is 4.99 Å². The third kappa shape index (κ3) is 7.53. The van der Waals surface area contributed by atoms with Gasteiger partial charge in [-0.2, -0.15) is 0 Å². The van der Waals surface area contributed by atoms with Crippen LogP contribution in [0.25, 0.3) is 0 Å². The first-order valence-corrected chi connectivity index (χ1v) is 11.9. The summed E-state index contributed by atoms with van der Waals surface area (Å²) in [5.41, 5.74) is 2.57. The molecule has 1 unspecified atom stereocenters. The molecule has 2 N–H and O–H groups in total. The van der Waals surface area contributed by atoms with E-state index < -0.39 is 0 Å².